The minimum atomic E-state index is -0.792. The molecule has 8 nitrogen and oxygen atoms in total. The molecular formula is C19H20BrN3O5. The Morgan fingerprint density at radius 2 is 1.82 bits per heavy atom. The highest BCUT2D eigenvalue weighted by molar-refractivity contribution is 9.10. The molecule has 0 aliphatic rings. The molecule has 9 heteroatoms. The van der Waals surface area contributed by atoms with Crippen LogP contribution in [0.4, 0.5) is 5.69 Å². The van der Waals surface area contributed by atoms with Gasteiger partial charge in [0, 0.05) is 16.1 Å². The molecule has 0 heterocycles. The van der Waals surface area contributed by atoms with E-state index in [0.29, 0.717) is 5.75 Å². The van der Waals surface area contributed by atoms with Crippen LogP contribution in [0.3, 0.4) is 0 Å². The number of hydrazine groups is 1. The van der Waals surface area contributed by atoms with E-state index < -0.39 is 16.7 Å². The van der Waals surface area contributed by atoms with Crippen molar-refractivity contribution in [2.24, 2.45) is 0 Å². The highest BCUT2D eigenvalue weighted by Gasteiger charge is 2.21. The van der Waals surface area contributed by atoms with Crippen molar-refractivity contribution in [2.45, 2.75) is 26.2 Å². The highest BCUT2D eigenvalue weighted by Crippen LogP contribution is 2.33. The van der Waals surface area contributed by atoms with Gasteiger partial charge in [-0.1, -0.05) is 48.8 Å². The molecule has 28 heavy (non-hydrogen) atoms. The van der Waals surface area contributed by atoms with Crippen molar-refractivity contribution >= 4 is 33.4 Å². The second-order valence-corrected chi connectivity index (χ2v) is 7.87. The molecule has 0 aliphatic heterocycles. The van der Waals surface area contributed by atoms with Crippen LogP contribution in [0.5, 0.6) is 5.75 Å². The van der Waals surface area contributed by atoms with E-state index in [1.54, 1.807) is 12.1 Å². The first kappa shape index (κ1) is 21.4. The van der Waals surface area contributed by atoms with Crippen LogP contribution in [-0.2, 0) is 10.2 Å². The summed E-state index contributed by atoms with van der Waals surface area (Å²) < 4.78 is 6.48. The molecule has 0 radical (unpaired) electrons. The maximum atomic E-state index is 12.1. The molecule has 2 aromatic carbocycles. The molecule has 148 valence electrons. The van der Waals surface area contributed by atoms with E-state index in [2.05, 4.69) is 26.8 Å². The maximum absolute atomic E-state index is 12.1. The summed E-state index contributed by atoms with van der Waals surface area (Å²) in [6.07, 6.45) is 0. The standard InChI is InChI=1S/C19H20BrN3O5/c1-19(2,3)14-10-12(20)8-9-16(14)28-11-17(24)21-22-18(25)13-6-4-5-7-15(13)23(26)27/h4-10H,11H2,1-3H3,(H,21,24)(H,22,25). The number of amides is 2. The Balaban J connectivity index is 1.98. The third-order valence-corrected chi connectivity index (χ3v) is 4.26. The molecule has 0 spiro atoms. The summed E-state index contributed by atoms with van der Waals surface area (Å²) in [7, 11) is 0. The van der Waals surface area contributed by atoms with Crippen molar-refractivity contribution in [1.82, 2.24) is 10.9 Å². The van der Waals surface area contributed by atoms with Gasteiger partial charge in [-0.3, -0.25) is 30.6 Å². The summed E-state index contributed by atoms with van der Waals surface area (Å²) in [5.74, 6) is -0.842. The summed E-state index contributed by atoms with van der Waals surface area (Å²) in [5.41, 5.74) is 4.55. The fourth-order valence-corrected chi connectivity index (χ4v) is 2.77. The second kappa shape index (κ2) is 8.83. The topological polar surface area (TPSA) is 111 Å². The van der Waals surface area contributed by atoms with Gasteiger partial charge in [0.1, 0.15) is 11.3 Å². The number of nitro groups is 1. The van der Waals surface area contributed by atoms with E-state index in [4.69, 9.17) is 4.74 Å². The van der Waals surface area contributed by atoms with Crippen LogP contribution in [-0.4, -0.2) is 23.3 Å². The number of carbonyl (C=O) groups excluding carboxylic acids is 2. The molecule has 0 saturated heterocycles. The molecule has 2 aromatic rings. The zero-order valence-corrected chi connectivity index (χ0v) is 17.2. The number of hydrogen-bond donors (Lipinski definition) is 2. The Hall–Kier alpha value is -2.94. The van der Waals surface area contributed by atoms with Crippen molar-refractivity contribution in [3.8, 4) is 5.75 Å². The van der Waals surface area contributed by atoms with Gasteiger partial charge in [-0.25, -0.2) is 0 Å². The van der Waals surface area contributed by atoms with Crippen molar-refractivity contribution < 1.29 is 19.2 Å². The first-order valence-corrected chi connectivity index (χ1v) is 9.14. The van der Waals surface area contributed by atoms with E-state index in [9.17, 15) is 19.7 Å². The monoisotopic (exact) mass is 449 g/mol. The third-order valence-electron chi connectivity index (χ3n) is 3.77. The van der Waals surface area contributed by atoms with E-state index in [1.807, 2.05) is 26.8 Å². The number of carbonyl (C=O) groups is 2. The van der Waals surface area contributed by atoms with Crippen LogP contribution in [0.1, 0.15) is 36.7 Å². The highest BCUT2D eigenvalue weighted by atomic mass is 79.9. The average Bonchev–Trinajstić information content (AvgIpc) is 2.64. The molecule has 0 atom stereocenters. The summed E-state index contributed by atoms with van der Waals surface area (Å²) in [6, 6.07) is 10.9. The zero-order chi connectivity index (χ0) is 20.9. The van der Waals surface area contributed by atoms with Gasteiger partial charge < -0.3 is 4.74 Å². The van der Waals surface area contributed by atoms with Gasteiger partial charge in [-0.05, 0) is 29.7 Å². The maximum Gasteiger partial charge on any atom is 0.282 e. The molecular weight excluding hydrogens is 430 g/mol. The Labute approximate surface area is 170 Å². The molecule has 2 amide bonds. The van der Waals surface area contributed by atoms with E-state index in [1.165, 1.54) is 24.3 Å². The van der Waals surface area contributed by atoms with Crippen molar-refractivity contribution in [3.05, 3.63) is 68.2 Å². The Morgan fingerprint density at radius 1 is 1.14 bits per heavy atom. The lowest BCUT2D eigenvalue weighted by Gasteiger charge is -2.23. The SMILES string of the molecule is CC(C)(C)c1cc(Br)ccc1OCC(=O)NNC(=O)c1ccccc1[N+](=O)[O-]. The lowest BCUT2D eigenvalue weighted by molar-refractivity contribution is -0.385. The number of para-hydroxylation sites is 1. The first-order chi connectivity index (χ1) is 13.1. The molecule has 2 N–H and O–H groups in total. The van der Waals surface area contributed by atoms with Crippen molar-refractivity contribution in [1.29, 1.82) is 0 Å². The number of rotatable bonds is 5. The number of halogens is 1. The molecule has 0 bridgehead atoms. The number of nitrogens with one attached hydrogen (secondary N) is 2. The molecule has 0 unspecified atom stereocenters. The number of benzene rings is 2. The molecule has 0 aromatic heterocycles. The molecule has 0 saturated carbocycles. The number of nitro benzene ring substituents is 1. The van der Waals surface area contributed by atoms with Crippen molar-refractivity contribution in [3.63, 3.8) is 0 Å². The second-order valence-electron chi connectivity index (χ2n) is 6.96. The van der Waals surface area contributed by atoms with Crippen LogP contribution < -0.4 is 15.6 Å². The van der Waals surface area contributed by atoms with Gasteiger partial charge in [-0.2, -0.15) is 0 Å². The van der Waals surface area contributed by atoms with Gasteiger partial charge in [0.05, 0.1) is 4.92 Å². The summed E-state index contributed by atoms with van der Waals surface area (Å²) in [6.45, 7) is 5.74. The fourth-order valence-electron chi connectivity index (χ4n) is 2.41. The Bertz CT molecular complexity index is 909. The quantitative estimate of drug-likeness (QED) is 0.535. The largest absolute Gasteiger partial charge is 0.483 e. The minimum Gasteiger partial charge on any atom is -0.483 e. The van der Waals surface area contributed by atoms with Gasteiger partial charge in [0.15, 0.2) is 6.61 Å². The normalized spacial score (nSPS) is 10.9. The number of nitrogens with zero attached hydrogens (tertiary/aromatic N) is 1. The summed E-state index contributed by atoms with van der Waals surface area (Å²) >= 11 is 3.42. The predicted octanol–water partition coefficient (Wildman–Crippen LogP) is 3.49. The van der Waals surface area contributed by atoms with Crippen LogP contribution in [0.15, 0.2) is 46.9 Å². The first-order valence-electron chi connectivity index (χ1n) is 8.35. The van der Waals surface area contributed by atoms with E-state index >= 15 is 0 Å². The van der Waals surface area contributed by atoms with E-state index in [-0.39, 0.29) is 23.3 Å². The Kier molecular flexibility index (Phi) is 6.74. The molecule has 0 aliphatic carbocycles. The molecule has 0 fully saturated rings. The van der Waals surface area contributed by atoms with Crippen LogP contribution in [0.25, 0.3) is 0 Å². The summed E-state index contributed by atoms with van der Waals surface area (Å²) in [5, 5.41) is 11.0. The average molecular weight is 450 g/mol. The molecule has 2 rings (SSSR count). The van der Waals surface area contributed by atoms with Crippen molar-refractivity contribution in [2.75, 3.05) is 6.61 Å². The van der Waals surface area contributed by atoms with Crippen LogP contribution in [0, 0.1) is 10.1 Å². The van der Waals surface area contributed by atoms with Crippen LogP contribution in [0.2, 0.25) is 0 Å². The summed E-state index contributed by atoms with van der Waals surface area (Å²) in [4.78, 5) is 34.4. The Morgan fingerprint density at radius 3 is 2.46 bits per heavy atom. The third kappa shape index (κ3) is 5.53. The van der Waals surface area contributed by atoms with Gasteiger partial charge in [0.25, 0.3) is 17.5 Å². The van der Waals surface area contributed by atoms with E-state index in [0.717, 1.165) is 10.0 Å². The zero-order valence-electron chi connectivity index (χ0n) is 15.6. The fraction of sp³-hybridized carbons (Fsp3) is 0.263. The smallest absolute Gasteiger partial charge is 0.282 e. The lowest BCUT2D eigenvalue weighted by Crippen LogP contribution is -2.44. The number of ether oxygens (including phenoxy) is 1. The van der Waals surface area contributed by atoms with Gasteiger partial charge >= 0.3 is 0 Å². The van der Waals surface area contributed by atoms with Crippen LogP contribution >= 0.6 is 15.9 Å². The van der Waals surface area contributed by atoms with Gasteiger partial charge in [-0.15, -0.1) is 0 Å². The minimum absolute atomic E-state index is 0.156. The lowest BCUT2D eigenvalue weighted by atomic mass is 9.86. The van der Waals surface area contributed by atoms with Gasteiger partial charge in [0.2, 0.25) is 0 Å². The predicted molar refractivity (Wildman–Crippen MR) is 107 cm³/mol. The number of hydrogen-bond acceptors (Lipinski definition) is 5.